The maximum Gasteiger partial charge on any atom is 0.264 e. The Hall–Kier alpha value is -2.48. The van der Waals surface area contributed by atoms with Crippen LogP contribution in [-0.4, -0.2) is 70.3 Å². The summed E-state index contributed by atoms with van der Waals surface area (Å²) in [5.41, 5.74) is 0.968. The Kier molecular flexibility index (Phi) is 6.04. The lowest BCUT2D eigenvalue weighted by Crippen LogP contribution is -2.54. The molecule has 2 saturated heterocycles. The van der Waals surface area contributed by atoms with Crippen LogP contribution in [0.3, 0.4) is 0 Å². The second-order valence-corrected chi connectivity index (χ2v) is 9.27. The third-order valence-electron chi connectivity index (χ3n) is 5.82. The molecule has 4 rings (SSSR count). The quantitative estimate of drug-likeness (QED) is 0.750. The molecule has 4 heterocycles. The molecule has 2 aromatic heterocycles. The van der Waals surface area contributed by atoms with E-state index < -0.39 is 0 Å². The number of carbonyl (C=O) groups excluding carboxylic acids is 2. The van der Waals surface area contributed by atoms with E-state index in [1.807, 2.05) is 35.4 Å². The summed E-state index contributed by atoms with van der Waals surface area (Å²) in [6.45, 7) is 9.63. The summed E-state index contributed by atoms with van der Waals surface area (Å²) < 4.78 is 0. The lowest BCUT2D eigenvalue weighted by molar-refractivity contribution is -0.135. The molecule has 0 unspecified atom stereocenters. The van der Waals surface area contributed by atoms with E-state index in [0.717, 1.165) is 43.3 Å². The molecule has 30 heavy (non-hydrogen) atoms. The van der Waals surface area contributed by atoms with E-state index in [-0.39, 0.29) is 23.8 Å². The summed E-state index contributed by atoms with van der Waals surface area (Å²) >= 11 is 1.43. The van der Waals surface area contributed by atoms with E-state index >= 15 is 0 Å². The maximum absolute atomic E-state index is 13.2. The molecule has 0 aliphatic carbocycles. The number of nitrogens with zero attached hydrogens (tertiary/aromatic N) is 5. The van der Waals surface area contributed by atoms with Crippen LogP contribution in [0.2, 0.25) is 0 Å². The van der Waals surface area contributed by atoms with Crippen LogP contribution < -0.4 is 4.90 Å². The Morgan fingerprint density at radius 1 is 1.13 bits per heavy atom. The largest absolute Gasteiger partial charge is 0.353 e. The Bertz CT molecular complexity index is 906. The number of aryl methyl sites for hydroxylation is 1. The van der Waals surface area contributed by atoms with Gasteiger partial charge in [0, 0.05) is 50.4 Å². The SMILES string of the molecule is Cc1cc(N2CCN(C(=O)[C@@H]3CCCN3C(=O)c3cccs3)CC2)nc(C(C)C)n1. The monoisotopic (exact) mass is 427 g/mol. The fourth-order valence-electron chi connectivity index (χ4n) is 4.17. The molecule has 160 valence electrons. The number of carbonyl (C=O) groups is 2. The molecule has 0 radical (unpaired) electrons. The highest BCUT2D eigenvalue weighted by Crippen LogP contribution is 2.25. The second kappa shape index (κ2) is 8.71. The molecular formula is C22H29N5O2S. The Morgan fingerprint density at radius 3 is 2.57 bits per heavy atom. The van der Waals surface area contributed by atoms with Crippen LogP contribution in [0.25, 0.3) is 0 Å². The van der Waals surface area contributed by atoms with Crippen molar-refractivity contribution in [2.75, 3.05) is 37.6 Å². The average Bonchev–Trinajstić information content (AvgIpc) is 3.44. The van der Waals surface area contributed by atoms with Gasteiger partial charge in [-0.3, -0.25) is 9.59 Å². The van der Waals surface area contributed by atoms with E-state index in [1.165, 1.54) is 11.3 Å². The molecule has 2 aromatic rings. The van der Waals surface area contributed by atoms with Gasteiger partial charge >= 0.3 is 0 Å². The Balaban J connectivity index is 1.40. The fourth-order valence-corrected chi connectivity index (χ4v) is 4.85. The van der Waals surface area contributed by atoms with Gasteiger partial charge in [0.2, 0.25) is 5.91 Å². The number of rotatable bonds is 4. The first kappa shape index (κ1) is 20.8. The van der Waals surface area contributed by atoms with Crippen molar-refractivity contribution in [3.05, 3.63) is 40.0 Å². The minimum atomic E-state index is -0.333. The van der Waals surface area contributed by atoms with Crippen molar-refractivity contribution in [1.29, 1.82) is 0 Å². The number of piperazine rings is 1. The molecule has 0 bridgehead atoms. The molecule has 2 aliphatic rings. The van der Waals surface area contributed by atoms with Crippen molar-refractivity contribution in [3.8, 4) is 0 Å². The molecule has 8 heteroatoms. The van der Waals surface area contributed by atoms with Crippen molar-refractivity contribution >= 4 is 29.0 Å². The van der Waals surface area contributed by atoms with Crippen molar-refractivity contribution in [1.82, 2.24) is 19.8 Å². The van der Waals surface area contributed by atoms with Crippen LogP contribution in [-0.2, 0) is 4.79 Å². The highest BCUT2D eigenvalue weighted by atomic mass is 32.1. The summed E-state index contributed by atoms with van der Waals surface area (Å²) in [6.07, 6.45) is 1.63. The van der Waals surface area contributed by atoms with Crippen LogP contribution in [0.5, 0.6) is 0 Å². The first-order valence-electron chi connectivity index (χ1n) is 10.7. The Morgan fingerprint density at radius 2 is 1.90 bits per heavy atom. The first-order valence-corrected chi connectivity index (χ1v) is 11.6. The minimum Gasteiger partial charge on any atom is -0.353 e. The number of hydrogen-bond acceptors (Lipinski definition) is 6. The number of aromatic nitrogens is 2. The summed E-state index contributed by atoms with van der Waals surface area (Å²) in [6, 6.07) is 5.39. The van der Waals surface area contributed by atoms with Crippen LogP contribution in [0, 0.1) is 6.92 Å². The molecule has 0 spiro atoms. The number of hydrogen-bond donors (Lipinski definition) is 0. The fraction of sp³-hybridized carbons (Fsp3) is 0.545. The molecular weight excluding hydrogens is 398 g/mol. The molecule has 7 nitrogen and oxygen atoms in total. The average molecular weight is 428 g/mol. The highest BCUT2D eigenvalue weighted by Gasteiger charge is 2.38. The predicted octanol–water partition coefficient (Wildman–Crippen LogP) is 2.92. The van der Waals surface area contributed by atoms with Crippen LogP contribution in [0.1, 0.15) is 53.8 Å². The van der Waals surface area contributed by atoms with Gasteiger partial charge in [-0.05, 0) is 31.2 Å². The summed E-state index contributed by atoms with van der Waals surface area (Å²) in [5.74, 6) is 2.14. The van der Waals surface area contributed by atoms with E-state index in [2.05, 4.69) is 23.7 Å². The van der Waals surface area contributed by atoms with Gasteiger partial charge in [0.25, 0.3) is 5.91 Å². The molecule has 0 saturated carbocycles. The zero-order chi connectivity index (χ0) is 21.3. The molecule has 1 atom stereocenters. The van der Waals surface area contributed by atoms with Gasteiger partial charge in [0.15, 0.2) is 0 Å². The lowest BCUT2D eigenvalue weighted by atomic mass is 10.1. The number of thiophene rings is 1. The van der Waals surface area contributed by atoms with Crippen LogP contribution >= 0.6 is 11.3 Å². The molecule has 2 amide bonds. The summed E-state index contributed by atoms with van der Waals surface area (Å²) in [7, 11) is 0. The number of likely N-dealkylation sites (tertiary alicyclic amines) is 1. The number of amides is 2. The maximum atomic E-state index is 13.2. The van der Waals surface area contributed by atoms with Crippen molar-refractivity contribution in [2.24, 2.45) is 0 Å². The molecule has 2 aliphatic heterocycles. The first-order chi connectivity index (χ1) is 14.4. The molecule has 2 fully saturated rings. The van der Waals surface area contributed by atoms with Gasteiger partial charge in [-0.1, -0.05) is 19.9 Å². The van der Waals surface area contributed by atoms with Crippen LogP contribution in [0.15, 0.2) is 23.6 Å². The smallest absolute Gasteiger partial charge is 0.264 e. The third-order valence-corrected chi connectivity index (χ3v) is 6.68. The van der Waals surface area contributed by atoms with Gasteiger partial charge in [-0.25, -0.2) is 9.97 Å². The van der Waals surface area contributed by atoms with E-state index in [4.69, 9.17) is 4.98 Å². The minimum absolute atomic E-state index is 0.0165. The van der Waals surface area contributed by atoms with E-state index in [0.29, 0.717) is 24.5 Å². The van der Waals surface area contributed by atoms with Crippen molar-refractivity contribution < 1.29 is 9.59 Å². The van der Waals surface area contributed by atoms with Crippen molar-refractivity contribution in [2.45, 2.75) is 45.6 Å². The van der Waals surface area contributed by atoms with Gasteiger partial charge in [0.05, 0.1) is 4.88 Å². The van der Waals surface area contributed by atoms with E-state index in [9.17, 15) is 9.59 Å². The van der Waals surface area contributed by atoms with Crippen LogP contribution in [0.4, 0.5) is 5.82 Å². The standard InChI is InChI=1S/C22H29N5O2S/c1-15(2)20-23-16(3)14-19(24-20)25-9-11-26(12-10-25)21(28)17-6-4-8-27(17)22(29)18-7-5-13-30-18/h5,7,13-15,17H,4,6,8-12H2,1-3H3/t17-/m0/s1. The van der Waals surface area contributed by atoms with Gasteiger partial charge < -0.3 is 14.7 Å². The zero-order valence-electron chi connectivity index (χ0n) is 17.9. The summed E-state index contributed by atoms with van der Waals surface area (Å²) in [4.78, 5) is 41.9. The van der Waals surface area contributed by atoms with E-state index in [1.54, 1.807) is 4.90 Å². The van der Waals surface area contributed by atoms with Gasteiger partial charge in [-0.2, -0.15) is 0 Å². The lowest BCUT2D eigenvalue weighted by Gasteiger charge is -2.38. The third kappa shape index (κ3) is 4.19. The second-order valence-electron chi connectivity index (χ2n) is 8.33. The number of anilines is 1. The molecule has 0 N–H and O–H groups in total. The summed E-state index contributed by atoms with van der Waals surface area (Å²) in [5, 5.41) is 1.90. The van der Waals surface area contributed by atoms with Gasteiger partial charge in [0.1, 0.15) is 17.7 Å². The highest BCUT2D eigenvalue weighted by molar-refractivity contribution is 7.12. The van der Waals surface area contributed by atoms with Gasteiger partial charge in [-0.15, -0.1) is 11.3 Å². The predicted molar refractivity (Wildman–Crippen MR) is 118 cm³/mol. The Labute approximate surface area is 181 Å². The zero-order valence-corrected chi connectivity index (χ0v) is 18.7. The normalized spacial score (nSPS) is 19.6. The molecule has 0 aromatic carbocycles. The van der Waals surface area contributed by atoms with Crippen molar-refractivity contribution in [3.63, 3.8) is 0 Å². The topological polar surface area (TPSA) is 69.6 Å².